The number of nitriles is 1. The zero-order valence-electron chi connectivity index (χ0n) is 17.9. The molecule has 0 aliphatic rings. The van der Waals surface area contributed by atoms with Gasteiger partial charge < -0.3 is 10.1 Å². The number of carbonyl (C=O) groups is 1. The van der Waals surface area contributed by atoms with Crippen LogP contribution in [0.5, 0.6) is 5.75 Å². The number of nitrogens with one attached hydrogen (secondary N) is 1. The number of nitrogens with zero attached hydrogens (tertiary/aromatic N) is 1. The van der Waals surface area contributed by atoms with Gasteiger partial charge in [0.2, 0.25) is 5.91 Å². The molecule has 0 atom stereocenters. The molecule has 0 heterocycles. The lowest BCUT2D eigenvalue weighted by atomic mass is 10.0. The Hall–Kier alpha value is -3.84. The summed E-state index contributed by atoms with van der Waals surface area (Å²) in [5.74, 6) is -0.971. The number of halogens is 3. The van der Waals surface area contributed by atoms with Gasteiger partial charge in [-0.05, 0) is 53.6 Å². The normalized spacial score (nSPS) is 11.5. The third-order valence-electron chi connectivity index (χ3n) is 4.82. The van der Waals surface area contributed by atoms with E-state index < -0.39 is 27.9 Å². The van der Waals surface area contributed by atoms with Gasteiger partial charge in [-0.3, -0.25) is 4.79 Å². The maximum Gasteiger partial charge on any atom is 0.573 e. The van der Waals surface area contributed by atoms with Gasteiger partial charge in [-0.1, -0.05) is 31.2 Å². The number of sulfone groups is 1. The Balaban J connectivity index is 1.84. The third-order valence-corrected chi connectivity index (χ3v) is 6.57. The fourth-order valence-electron chi connectivity index (χ4n) is 3.18. The molecule has 10 heteroatoms. The number of hydrogen-bond donors (Lipinski definition) is 1. The van der Waals surface area contributed by atoms with Gasteiger partial charge in [-0.2, -0.15) is 5.26 Å². The summed E-state index contributed by atoms with van der Waals surface area (Å²) in [6.45, 7) is 1.53. The van der Waals surface area contributed by atoms with Crippen LogP contribution < -0.4 is 10.1 Å². The van der Waals surface area contributed by atoms with Gasteiger partial charge >= 0.3 is 6.36 Å². The molecule has 34 heavy (non-hydrogen) atoms. The van der Waals surface area contributed by atoms with Gasteiger partial charge in [-0.15, -0.1) is 13.2 Å². The summed E-state index contributed by atoms with van der Waals surface area (Å²) in [6, 6.07) is 17.5. The van der Waals surface area contributed by atoms with E-state index in [1.54, 1.807) is 0 Å². The molecule has 3 aromatic carbocycles. The average molecular weight is 488 g/mol. The SMILES string of the molecule is CCS(=O)(=O)c1ccc(CC(=O)Nc2ccc(OC(F)(F)F)c(-c3cccc(C#N)c3)c2)cc1. The molecule has 3 aromatic rings. The number of alkyl halides is 3. The molecular formula is C24H19F3N2O4S. The van der Waals surface area contributed by atoms with Crippen molar-refractivity contribution in [2.45, 2.75) is 24.6 Å². The molecule has 0 fully saturated rings. The molecule has 0 saturated heterocycles. The molecule has 0 aliphatic heterocycles. The Morgan fingerprint density at radius 3 is 2.38 bits per heavy atom. The van der Waals surface area contributed by atoms with E-state index in [1.165, 1.54) is 67.6 Å². The van der Waals surface area contributed by atoms with Crippen molar-refractivity contribution >= 4 is 21.4 Å². The minimum Gasteiger partial charge on any atom is -0.405 e. The van der Waals surface area contributed by atoms with Gasteiger partial charge in [0.15, 0.2) is 9.84 Å². The van der Waals surface area contributed by atoms with E-state index in [9.17, 15) is 26.4 Å². The Morgan fingerprint density at radius 2 is 1.76 bits per heavy atom. The van der Waals surface area contributed by atoms with Gasteiger partial charge in [0.1, 0.15) is 5.75 Å². The molecule has 0 aliphatic carbocycles. The maximum atomic E-state index is 12.9. The quantitative estimate of drug-likeness (QED) is 0.499. The van der Waals surface area contributed by atoms with Gasteiger partial charge in [0.05, 0.1) is 28.7 Å². The summed E-state index contributed by atoms with van der Waals surface area (Å²) in [5.41, 5.74) is 1.38. The van der Waals surface area contributed by atoms with Crippen LogP contribution in [0.3, 0.4) is 0 Å². The fourth-order valence-corrected chi connectivity index (χ4v) is 4.06. The zero-order chi connectivity index (χ0) is 24.9. The highest BCUT2D eigenvalue weighted by molar-refractivity contribution is 7.91. The molecular weight excluding hydrogens is 469 g/mol. The molecule has 0 unspecified atom stereocenters. The summed E-state index contributed by atoms with van der Waals surface area (Å²) < 4.78 is 66.6. The second-order valence-electron chi connectivity index (χ2n) is 7.22. The number of ether oxygens (including phenoxy) is 1. The van der Waals surface area contributed by atoms with Crippen LogP contribution >= 0.6 is 0 Å². The van der Waals surface area contributed by atoms with Crippen LogP contribution in [-0.4, -0.2) is 26.4 Å². The first-order chi connectivity index (χ1) is 16.0. The number of amides is 1. The summed E-state index contributed by atoms with van der Waals surface area (Å²) in [6.07, 6.45) is -5.00. The lowest BCUT2D eigenvalue weighted by Gasteiger charge is -2.15. The predicted molar refractivity (Wildman–Crippen MR) is 120 cm³/mol. The van der Waals surface area contributed by atoms with E-state index in [1.807, 2.05) is 6.07 Å². The van der Waals surface area contributed by atoms with Crippen LogP contribution in [0.1, 0.15) is 18.1 Å². The monoisotopic (exact) mass is 488 g/mol. The van der Waals surface area contributed by atoms with Gasteiger partial charge in [0, 0.05) is 11.3 Å². The van der Waals surface area contributed by atoms with Crippen molar-refractivity contribution in [2.75, 3.05) is 11.1 Å². The van der Waals surface area contributed by atoms with Gasteiger partial charge in [0.25, 0.3) is 0 Å². The highest BCUT2D eigenvalue weighted by atomic mass is 32.2. The van der Waals surface area contributed by atoms with E-state index in [2.05, 4.69) is 10.1 Å². The Morgan fingerprint density at radius 1 is 1.06 bits per heavy atom. The molecule has 0 bridgehead atoms. The Kier molecular flexibility index (Phi) is 7.27. The number of anilines is 1. The molecule has 6 nitrogen and oxygen atoms in total. The number of hydrogen-bond acceptors (Lipinski definition) is 5. The lowest BCUT2D eigenvalue weighted by Crippen LogP contribution is -2.18. The number of rotatable bonds is 7. The van der Waals surface area contributed by atoms with Crippen molar-refractivity contribution < 1.29 is 31.1 Å². The molecule has 1 amide bonds. The highest BCUT2D eigenvalue weighted by Crippen LogP contribution is 2.36. The molecule has 176 valence electrons. The van der Waals surface area contributed by atoms with Crippen molar-refractivity contribution in [3.63, 3.8) is 0 Å². The molecule has 0 spiro atoms. The molecule has 0 aromatic heterocycles. The highest BCUT2D eigenvalue weighted by Gasteiger charge is 2.32. The van der Waals surface area contributed by atoms with E-state index in [-0.39, 0.29) is 33.9 Å². The summed E-state index contributed by atoms with van der Waals surface area (Å²) >= 11 is 0. The van der Waals surface area contributed by atoms with Crippen molar-refractivity contribution in [1.82, 2.24) is 0 Å². The van der Waals surface area contributed by atoms with Crippen molar-refractivity contribution in [2.24, 2.45) is 0 Å². The van der Waals surface area contributed by atoms with Crippen LogP contribution in [0.25, 0.3) is 11.1 Å². The fraction of sp³-hybridized carbons (Fsp3) is 0.167. The lowest BCUT2D eigenvalue weighted by molar-refractivity contribution is -0.274. The first-order valence-corrected chi connectivity index (χ1v) is 11.7. The van der Waals surface area contributed by atoms with Gasteiger partial charge in [-0.25, -0.2) is 8.42 Å². The van der Waals surface area contributed by atoms with Crippen LogP contribution in [-0.2, 0) is 21.1 Å². The topological polar surface area (TPSA) is 96.3 Å². The van der Waals surface area contributed by atoms with Crippen molar-refractivity contribution in [3.8, 4) is 22.9 Å². The smallest absolute Gasteiger partial charge is 0.405 e. The summed E-state index contributed by atoms with van der Waals surface area (Å²) in [7, 11) is -3.36. The van der Waals surface area contributed by atoms with E-state index >= 15 is 0 Å². The Bertz CT molecular complexity index is 1350. The number of benzene rings is 3. The van der Waals surface area contributed by atoms with Crippen LogP contribution in [0.15, 0.2) is 71.6 Å². The van der Waals surface area contributed by atoms with E-state index in [4.69, 9.17) is 5.26 Å². The third kappa shape index (κ3) is 6.36. The minimum atomic E-state index is -4.93. The van der Waals surface area contributed by atoms with Crippen LogP contribution in [0.4, 0.5) is 18.9 Å². The molecule has 0 radical (unpaired) electrons. The van der Waals surface area contributed by atoms with E-state index in [0.717, 1.165) is 6.07 Å². The predicted octanol–water partition coefficient (Wildman–Crippen LogP) is 5.10. The summed E-state index contributed by atoms with van der Waals surface area (Å²) in [4.78, 5) is 12.7. The second-order valence-corrected chi connectivity index (χ2v) is 9.50. The zero-order valence-corrected chi connectivity index (χ0v) is 18.7. The van der Waals surface area contributed by atoms with Crippen LogP contribution in [0.2, 0.25) is 0 Å². The largest absolute Gasteiger partial charge is 0.573 e. The maximum absolute atomic E-state index is 12.9. The first-order valence-electron chi connectivity index (χ1n) is 10.0. The standard InChI is InChI=1S/C24H19F3N2O4S/c1-2-34(31,32)20-9-6-16(7-10-20)13-23(30)29-19-8-11-22(33-24(25,26)27)21(14-19)18-5-3-4-17(12-18)15-28/h3-12,14H,2,13H2,1H3,(H,29,30). The molecule has 0 saturated carbocycles. The van der Waals surface area contributed by atoms with Crippen LogP contribution in [0, 0.1) is 11.3 Å². The Labute approximate surface area is 194 Å². The summed E-state index contributed by atoms with van der Waals surface area (Å²) in [5, 5.41) is 11.7. The first kappa shape index (κ1) is 24.8. The van der Waals surface area contributed by atoms with E-state index in [0.29, 0.717) is 11.1 Å². The van der Waals surface area contributed by atoms with Crippen molar-refractivity contribution in [1.29, 1.82) is 5.26 Å². The second kappa shape index (κ2) is 9.97. The molecule has 3 rings (SSSR count). The minimum absolute atomic E-state index is 0.0412. The van der Waals surface area contributed by atoms with Crippen molar-refractivity contribution in [3.05, 3.63) is 77.9 Å². The molecule has 1 N–H and O–H groups in total. The average Bonchev–Trinajstić information content (AvgIpc) is 2.79. The number of carbonyl (C=O) groups excluding carboxylic acids is 1.